The summed E-state index contributed by atoms with van der Waals surface area (Å²) in [5, 5.41) is 9.35. The Balaban J connectivity index is 0.00000420. The summed E-state index contributed by atoms with van der Waals surface area (Å²) < 4.78 is 5.98. The summed E-state index contributed by atoms with van der Waals surface area (Å²) in [5.41, 5.74) is 2.78. The molecule has 3 N–H and O–H groups in total. The Morgan fingerprint density at radius 1 is 1.10 bits per heavy atom. The van der Waals surface area contributed by atoms with E-state index in [1.165, 1.54) is 0 Å². The molecule has 0 fully saturated rings. The monoisotopic (exact) mass is 510 g/mol. The Morgan fingerprint density at radius 3 is 2.55 bits per heavy atom. The third-order valence-electron chi connectivity index (χ3n) is 4.19. The number of para-hydroxylation sites is 1. The number of hydrogen-bond donors (Lipinski definition) is 3. The molecule has 2 rings (SSSR count). The summed E-state index contributed by atoms with van der Waals surface area (Å²) in [6, 6.07) is 15.5. The lowest BCUT2D eigenvalue weighted by molar-refractivity contribution is 0.0955. The second-order valence-electron chi connectivity index (χ2n) is 6.56. The van der Waals surface area contributed by atoms with Crippen LogP contribution < -0.4 is 20.7 Å². The fraction of sp³-hybridized carbons (Fsp3) is 0.364. The van der Waals surface area contributed by atoms with Crippen LogP contribution in [0.2, 0.25) is 0 Å². The average Bonchev–Trinajstić information content (AvgIpc) is 2.70. The van der Waals surface area contributed by atoms with E-state index in [2.05, 4.69) is 20.9 Å². The molecule has 29 heavy (non-hydrogen) atoms. The standard InChI is InChI=1S/C22H30N4O2.HI/c1-5-24-21(27)19-11-8-10-18(13-19)15-26-22(23-4)25-14-17(3)28-20-12-7-6-9-16(20)2;/h6-13,17H,5,14-15H2,1-4H3,(H,24,27)(H2,23,25,26);1H. The van der Waals surface area contributed by atoms with Crippen molar-refractivity contribution in [1.29, 1.82) is 0 Å². The first-order valence-electron chi connectivity index (χ1n) is 9.57. The van der Waals surface area contributed by atoms with Crippen molar-refractivity contribution in [2.75, 3.05) is 20.1 Å². The van der Waals surface area contributed by atoms with Gasteiger partial charge in [-0.1, -0.05) is 30.3 Å². The van der Waals surface area contributed by atoms with E-state index in [1.54, 1.807) is 7.05 Å². The molecule has 1 unspecified atom stereocenters. The van der Waals surface area contributed by atoms with Crippen molar-refractivity contribution in [2.24, 2.45) is 4.99 Å². The van der Waals surface area contributed by atoms with Gasteiger partial charge in [-0.3, -0.25) is 9.79 Å². The summed E-state index contributed by atoms with van der Waals surface area (Å²) in [5.74, 6) is 1.51. The average molecular weight is 510 g/mol. The number of nitrogens with zero attached hydrogens (tertiary/aromatic N) is 1. The molecule has 0 aliphatic rings. The van der Waals surface area contributed by atoms with Gasteiger partial charge in [0.05, 0.1) is 6.54 Å². The van der Waals surface area contributed by atoms with E-state index in [-0.39, 0.29) is 36.0 Å². The van der Waals surface area contributed by atoms with Gasteiger partial charge in [0.2, 0.25) is 0 Å². The first kappa shape index (κ1) is 24.7. The van der Waals surface area contributed by atoms with Crippen LogP contribution in [-0.2, 0) is 6.54 Å². The molecule has 158 valence electrons. The predicted octanol–water partition coefficient (Wildman–Crippen LogP) is 3.50. The molecule has 0 aromatic heterocycles. The topological polar surface area (TPSA) is 74.8 Å². The lowest BCUT2D eigenvalue weighted by atomic mass is 10.1. The SMILES string of the molecule is CCNC(=O)c1cccc(CNC(=NC)NCC(C)Oc2ccccc2C)c1.I. The van der Waals surface area contributed by atoms with Gasteiger partial charge in [-0.25, -0.2) is 0 Å². The first-order valence-corrected chi connectivity index (χ1v) is 9.57. The third-order valence-corrected chi connectivity index (χ3v) is 4.19. The molecule has 6 nitrogen and oxygen atoms in total. The van der Waals surface area contributed by atoms with Gasteiger partial charge in [0.1, 0.15) is 11.9 Å². The summed E-state index contributed by atoms with van der Waals surface area (Å²) in [7, 11) is 1.73. The number of carbonyl (C=O) groups is 1. The van der Waals surface area contributed by atoms with Crippen LogP contribution in [0.15, 0.2) is 53.5 Å². The highest BCUT2D eigenvalue weighted by Gasteiger charge is 2.08. The lowest BCUT2D eigenvalue weighted by Gasteiger charge is -2.19. The quantitative estimate of drug-likeness (QED) is 0.289. The Hall–Kier alpha value is -2.29. The molecule has 7 heteroatoms. The van der Waals surface area contributed by atoms with Gasteiger partial charge >= 0.3 is 0 Å². The Morgan fingerprint density at radius 2 is 1.86 bits per heavy atom. The second-order valence-corrected chi connectivity index (χ2v) is 6.56. The highest BCUT2D eigenvalue weighted by atomic mass is 127. The molecule has 0 radical (unpaired) electrons. The molecule has 2 aromatic carbocycles. The normalized spacial score (nSPS) is 11.8. The largest absolute Gasteiger partial charge is 0.489 e. The van der Waals surface area contributed by atoms with Crippen molar-refractivity contribution in [3.63, 3.8) is 0 Å². The van der Waals surface area contributed by atoms with Crippen molar-refractivity contribution < 1.29 is 9.53 Å². The van der Waals surface area contributed by atoms with Crippen molar-refractivity contribution in [2.45, 2.75) is 33.4 Å². The molecule has 1 amide bonds. The minimum Gasteiger partial charge on any atom is -0.489 e. The molecular formula is C22H31IN4O2. The van der Waals surface area contributed by atoms with Crippen LogP contribution in [0.3, 0.4) is 0 Å². The zero-order chi connectivity index (χ0) is 20.4. The van der Waals surface area contributed by atoms with E-state index in [4.69, 9.17) is 4.74 Å². The predicted molar refractivity (Wildman–Crippen MR) is 129 cm³/mol. The van der Waals surface area contributed by atoms with Gasteiger partial charge in [0, 0.05) is 25.7 Å². The van der Waals surface area contributed by atoms with E-state index in [9.17, 15) is 4.79 Å². The van der Waals surface area contributed by atoms with Gasteiger partial charge in [0.15, 0.2) is 5.96 Å². The van der Waals surface area contributed by atoms with Gasteiger partial charge in [-0.2, -0.15) is 0 Å². The molecular weight excluding hydrogens is 479 g/mol. The number of hydrogen-bond acceptors (Lipinski definition) is 3. The van der Waals surface area contributed by atoms with Crippen LogP contribution >= 0.6 is 24.0 Å². The number of halogens is 1. The Kier molecular flexibility index (Phi) is 11.1. The van der Waals surface area contributed by atoms with E-state index in [0.717, 1.165) is 16.9 Å². The maximum Gasteiger partial charge on any atom is 0.251 e. The molecule has 2 aromatic rings. The van der Waals surface area contributed by atoms with Crippen molar-refractivity contribution in [1.82, 2.24) is 16.0 Å². The van der Waals surface area contributed by atoms with Crippen LogP contribution in [-0.4, -0.2) is 38.1 Å². The summed E-state index contributed by atoms with van der Waals surface area (Å²) in [6.07, 6.45) is -0.0132. The molecule has 0 heterocycles. The molecule has 0 aliphatic heterocycles. The molecule has 0 saturated heterocycles. The van der Waals surface area contributed by atoms with E-state index < -0.39 is 0 Å². The number of carbonyl (C=O) groups excluding carboxylic acids is 1. The molecule has 0 bridgehead atoms. The van der Waals surface area contributed by atoms with Gasteiger partial charge < -0.3 is 20.7 Å². The van der Waals surface area contributed by atoms with Crippen LogP contribution in [0, 0.1) is 6.92 Å². The van der Waals surface area contributed by atoms with Crippen LogP contribution in [0.4, 0.5) is 0 Å². The van der Waals surface area contributed by atoms with Gasteiger partial charge in [-0.15, -0.1) is 24.0 Å². The maximum absolute atomic E-state index is 12.0. The maximum atomic E-state index is 12.0. The zero-order valence-electron chi connectivity index (χ0n) is 17.5. The molecule has 0 aliphatic carbocycles. The van der Waals surface area contributed by atoms with E-state index in [1.807, 2.05) is 69.3 Å². The fourth-order valence-corrected chi connectivity index (χ4v) is 2.68. The van der Waals surface area contributed by atoms with Crippen LogP contribution in [0.1, 0.15) is 35.3 Å². The minimum absolute atomic E-state index is 0. The number of amides is 1. The van der Waals surface area contributed by atoms with Gasteiger partial charge in [-0.05, 0) is 50.1 Å². The van der Waals surface area contributed by atoms with Crippen LogP contribution in [0.5, 0.6) is 5.75 Å². The highest BCUT2D eigenvalue weighted by molar-refractivity contribution is 14.0. The Labute approximate surface area is 190 Å². The van der Waals surface area contributed by atoms with Crippen molar-refractivity contribution >= 4 is 35.8 Å². The molecule has 1 atom stereocenters. The van der Waals surface area contributed by atoms with Crippen LogP contribution in [0.25, 0.3) is 0 Å². The fourth-order valence-electron chi connectivity index (χ4n) is 2.68. The van der Waals surface area contributed by atoms with Crippen molar-refractivity contribution in [3.05, 3.63) is 65.2 Å². The van der Waals surface area contributed by atoms with E-state index in [0.29, 0.717) is 31.2 Å². The minimum atomic E-state index is -0.0611. The number of aryl methyl sites for hydroxylation is 1. The number of benzene rings is 2. The highest BCUT2D eigenvalue weighted by Crippen LogP contribution is 2.17. The summed E-state index contributed by atoms with van der Waals surface area (Å²) in [4.78, 5) is 16.2. The lowest BCUT2D eigenvalue weighted by Crippen LogP contribution is -2.41. The zero-order valence-corrected chi connectivity index (χ0v) is 19.8. The molecule has 0 spiro atoms. The summed E-state index contributed by atoms with van der Waals surface area (Å²) in [6.45, 7) is 7.75. The van der Waals surface area contributed by atoms with Crippen molar-refractivity contribution in [3.8, 4) is 5.75 Å². The number of guanidine groups is 1. The first-order chi connectivity index (χ1) is 13.5. The third kappa shape index (κ3) is 8.31. The van der Waals surface area contributed by atoms with Gasteiger partial charge in [0.25, 0.3) is 5.91 Å². The summed E-state index contributed by atoms with van der Waals surface area (Å²) >= 11 is 0. The Bertz CT molecular complexity index is 811. The number of ether oxygens (including phenoxy) is 1. The number of rotatable bonds is 8. The van der Waals surface area contributed by atoms with E-state index >= 15 is 0 Å². The number of aliphatic imine (C=N–C) groups is 1. The number of nitrogens with one attached hydrogen (secondary N) is 3. The smallest absolute Gasteiger partial charge is 0.251 e. The molecule has 0 saturated carbocycles. The second kappa shape index (κ2) is 13.0.